The van der Waals surface area contributed by atoms with E-state index in [1.165, 1.54) is 0 Å². The second kappa shape index (κ2) is 6.32. The highest BCUT2D eigenvalue weighted by Gasteiger charge is 2.37. The van der Waals surface area contributed by atoms with E-state index in [0.717, 1.165) is 45.1 Å². The summed E-state index contributed by atoms with van der Waals surface area (Å²) in [5, 5.41) is 3.12. The van der Waals surface area contributed by atoms with Crippen molar-refractivity contribution >= 4 is 10.2 Å². The molecule has 6 heteroatoms. The summed E-state index contributed by atoms with van der Waals surface area (Å²) in [5.74, 6) is 0. The van der Waals surface area contributed by atoms with Gasteiger partial charge in [-0.15, -0.1) is 0 Å². The Morgan fingerprint density at radius 3 is 2.44 bits per heavy atom. The molecule has 1 N–H and O–H groups in total. The molecule has 0 saturated carbocycles. The van der Waals surface area contributed by atoms with Crippen LogP contribution < -0.4 is 5.32 Å². The number of hydrogen-bond acceptors (Lipinski definition) is 3. The molecule has 1 unspecified atom stereocenters. The normalized spacial score (nSPS) is 27.7. The lowest BCUT2D eigenvalue weighted by Gasteiger charge is -2.37. The highest BCUT2D eigenvalue weighted by atomic mass is 32.2. The lowest BCUT2D eigenvalue weighted by molar-refractivity contribution is 0.225. The van der Waals surface area contributed by atoms with Gasteiger partial charge in [0.25, 0.3) is 10.2 Å². The zero-order chi connectivity index (χ0) is 13.0. The van der Waals surface area contributed by atoms with Crippen molar-refractivity contribution in [1.82, 2.24) is 13.9 Å². The third-order valence-electron chi connectivity index (χ3n) is 3.99. The number of rotatable bonds is 5. The molecule has 0 amide bonds. The van der Waals surface area contributed by atoms with Crippen LogP contribution in [0, 0.1) is 0 Å². The first-order valence-electron chi connectivity index (χ1n) is 7.08. The van der Waals surface area contributed by atoms with Crippen LogP contribution in [0.1, 0.15) is 38.5 Å². The Morgan fingerprint density at radius 1 is 1.11 bits per heavy atom. The van der Waals surface area contributed by atoms with Gasteiger partial charge in [0.15, 0.2) is 0 Å². The summed E-state index contributed by atoms with van der Waals surface area (Å²) >= 11 is 0. The van der Waals surface area contributed by atoms with Crippen molar-refractivity contribution in [2.45, 2.75) is 44.6 Å². The van der Waals surface area contributed by atoms with Gasteiger partial charge in [0.1, 0.15) is 0 Å². The fraction of sp³-hybridized carbons (Fsp3) is 1.00. The number of nitrogens with one attached hydrogen (secondary N) is 1. The molecule has 2 saturated heterocycles. The van der Waals surface area contributed by atoms with E-state index in [1.54, 1.807) is 8.61 Å². The van der Waals surface area contributed by atoms with Crippen LogP contribution in [-0.4, -0.2) is 56.3 Å². The van der Waals surface area contributed by atoms with E-state index >= 15 is 0 Å². The van der Waals surface area contributed by atoms with E-state index in [9.17, 15) is 8.42 Å². The zero-order valence-corrected chi connectivity index (χ0v) is 12.1. The minimum atomic E-state index is -3.20. The minimum absolute atomic E-state index is 0.191. The van der Waals surface area contributed by atoms with Gasteiger partial charge in [0.05, 0.1) is 0 Å². The number of nitrogens with zero attached hydrogens (tertiary/aromatic N) is 2. The first-order valence-corrected chi connectivity index (χ1v) is 8.47. The summed E-state index contributed by atoms with van der Waals surface area (Å²) in [5.41, 5.74) is 0. The molecule has 18 heavy (non-hydrogen) atoms. The Hall–Kier alpha value is -0.170. The standard InChI is InChI=1S/C12H25N3O2S/c1-13-8-7-12-6-2-3-11-15(12)18(16,17)14-9-4-5-10-14/h12-13H,2-11H2,1H3. The highest BCUT2D eigenvalue weighted by Crippen LogP contribution is 2.26. The van der Waals surface area contributed by atoms with Crippen molar-refractivity contribution in [3.8, 4) is 0 Å². The molecule has 0 radical (unpaired) electrons. The Morgan fingerprint density at radius 2 is 1.78 bits per heavy atom. The van der Waals surface area contributed by atoms with Gasteiger partial charge in [-0.3, -0.25) is 0 Å². The molecule has 106 valence electrons. The lowest BCUT2D eigenvalue weighted by Crippen LogP contribution is -2.50. The smallest absolute Gasteiger partial charge is 0.282 e. The topological polar surface area (TPSA) is 52.7 Å². The Balaban J connectivity index is 2.07. The van der Waals surface area contributed by atoms with Crippen molar-refractivity contribution in [2.75, 3.05) is 33.2 Å². The third kappa shape index (κ3) is 3.04. The van der Waals surface area contributed by atoms with E-state index < -0.39 is 10.2 Å². The maximum absolute atomic E-state index is 12.6. The van der Waals surface area contributed by atoms with E-state index in [1.807, 2.05) is 7.05 Å². The molecule has 2 aliphatic heterocycles. The molecule has 0 aromatic rings. The fourth-order valence-electron chi connectivity index (χ4n) is 2.94. The Labute approximate surface area is 111 Å². The van der Waals surface area contributed by atoms with Gasteiger partial charge >= 0.3 is 0 Å². The zero-order valence-electron chi connectivity index (χ0n) is 11.3. The van der Waals surface area contributed by atoms with Gasteiger partial charge in [-0.25, -0.2) is 0 Å². The summed E-state index contributed by atoms with van der Waals surface area (Å²) in [4.78, 5) is 0. The summed E-state index contributed by atoms with van der Waals surface area (Å²) in [6.45, 7) is 3.00. The van der Waals surface area contributed by atoms with Gasteiger partial charge in [-0.1, -0.05) is 6.42 Å². The highest BCUT2D eigenvalue weighted by molar-refractivity contribution is 7.86. The predicted molar refractivity (Wildman–Crippen MR) is 72.6 cm³/mol. The van der Waals surface area contributed by atoms with Crippen LogP contribution in [0.15, 0.2) is 0 Å². The van der Waals surface area contributed by atoms with Crippen molar-refractivity contribution in [3.05, 3.63) is 0 Å². The van der Waals surface area contributed by atoms with Crippen molar-refractivity contribution in [1.29, 1.82) is 0 Å². The van der Waals surface area contributed by atoms with Crippen molar-refractivity contribution in [2.24, 2.45) is 0 Å². The first kappa shape index (κ1) is 14.2. The average Bonchev–Trinajstić information content (AvgIpc) is 2.91. The monoisotopic (exact) mass is 275 g/mol. The van der Waals surface area contributed by atoms with Crippen LogP contribution >= 0.6 is 0 Å². The molecule has 2 fully saturated rings. The van der Waals surface area contributed by atoms with Crippen LogP contribution in [-0.2, 0) is 10.2 Å². The molecule has 0 aromatic heterocycles. The fourth-order valence-corrected chi connectivity index (χ4v) is 4.91. The van der Waals surface area contributed by atoms with E-state index in [0.29, 0.717) is 19.6 Å². The van der Waals surface area contributed by atoms with Gasteiger partial charge in [0, 0.05) is 25.7 Å². The van der Waals surface area contributed by atoms with E-state index in [-0.39, 0.29) is 6.04 Å². The van der Waals surface area contributed by atoms with Crippen LogP contribution in [0.2, 0.25) is 0 Å². The summed E-state index contributed by atoms with van der Waals surface area (Å²) < 4.78 is 28.6. The molecule has 5 nitrogen and oxygen atoms in total. The molecule has 0 aliphatic carbocycles. The average molecular weight is 275 g/mol. The van der Waals surface area contributed by atoms with Gasteiger partial charge in [-0.2, -0.15) is 17.0 Å². The minimum Gasteiger partial charge on any atom is -0.320 e. The third-order valence-corrected chi connectivity index (χ3v) is 6.08. The van der Waals surface area contributed by atoms with E-state index in [4.69, 9.17) is 0 Å². The molecular formula is C12H25N3O2S. The second-order valence-corrected chi connectivity index (χ2v) is 7.15. The number of piperidine rings is 1. The SMILES string of the molecule is CNCCC1CCCCN1S(=O)(=O)N1CCCC1. The molecule has 0 aromatic carbocycles. The molecule has 2 rings (SSSR count). The van der Waals surface area contributed by atoms with Crippen LogP contribution in [0.25, 0.3) is 0 Å². The molecule has 1 atom stereocenters. The van der Waals surface area contributed by atoms with Crippen LogP contribution in [0.3, 0.4) is 0 Å². The van der Waals surface area contributed by atoms with Crippen molar-refractivity contribution in [3.63, 3.8) is 0 Å². The van der Waals surface area contributed by atoms with Gasteiger partial charge in [-0.05, 0) is 45.7 Å². The summed E-state index contributed by atoms with van der Waals surface area (Å²) in [7, 11) is -1.28. The van der Waals surface area contributed by atoms with Crippen LogP contribution in [0.5, 0.6) is 0 Å². The molecule has 0 spiro atoms. The maximum Gasteiger partial charge on any atom is 0.282 e. The summed E-state index contributed by atoms with van der Waals surface area (Å²) in [6, 6.07) is 0.191. The quantitative estimate of drug-likeness (QED) is 0.807. The molecule has 0 bridgehead atoms. The predicted octanol–water partition coefficient (Wildman–Crippen LogP) is 0.791. The van der Waals surface area contributed by atoms with E-state index in [2.05, 4.69) is 5.32 Å². The maximum atomic E-state index is 12.6. The Bertz CT molecular complexity index is 352. The lowest BCUT2D eigenvalue weighted by atomic mass is 10.0. The van der Waals surface area contributed by atoms with Gasteiger partial charge < -0.3 is 5.32 Å². The second-order valence-electron chi connectivity index (χ2n) is 5.27. The number of hydrogen-bond donors (Lipinski definition) is 1. The van der Waals surface area contributed by atoms with Gasteiger partial charge in [0.2, 0.25) is 0 Å². The Kier molecular flexibility index (Phi) is 5.00. The first-order chi connectivity index (χ1) is 8.66. The van der Waals surface area contributed by atoms with Crippen LogP contribution in [0.4, 0.5) is 0 Å². The molecule has 2 heterocycles. The largest absolute Gasteiger partial charge is 0.320 e. The molecular weight excluding hydrogens is 250 g/mol. The molecule has 2 aliphatic rings. The summed E-state index contributed by atoms with van der Waals surface area (Å²) in [6.07, 6.45) is 6.10. The van der Waals surface area contributed by atoms with Crippen molar-refractivity contribution < 1.29 is 8.42 Å².